The highest BCUT2D eigenvalue weighted by molar-refractivity contribution is 6.30. The summed E-state index contributed by atoms with van der Waals surface area (Å²) in [4.78, 5) is 24.4. The highest BCUT2D eigenvalue weighted by atomic mass is 35.5. The third-order valence-corrected chi connectivity index (χ3v) is 4.48. The minimum absolute atomic E-state index is 0.199. The molecule has 0 radical (unpaired) electrons. The SMILES string of the molecule is C[C@H](OC(=O)COc1ccc(Cl)cc1)C(=O)c1ccc2c(c1)CCC2. The Morgan fingerprint density at radius 2 is 1.80 bits per heavy atom. The quantitative estimate of drug-likeness (QED) is 0.578. The lowest BCUT2D eigenvalue weighted by atomic mass is 10.0. The van der Waals surface area contributed by atoms with Gasteiger partial charge in [0.1, 0.15) is 5.75 Å². The molecule has 0 unspecified atom stereocenters. The number of halogens is 1. The van der Waals surface area contributed by atoms with Crippen LogP contribution in [0.4, 0.5) is 0 Å². The molecule has 2 aromatic rings. The highest BCUT2D eigenvalue weighted by Crippen LogP contribution is 2.23. The summed E-state index contributed by atoms with van der Waals surface area (Å²) in [5.74, 6) is -0.273. The molecule has 0 saturated heterocycles. The van der Waals surface area contributed by atoms with Crippen LogP contribution in [0.25, 0.3) is 0 Å². The summed E-state index contributed by atoms with van der Waals surface area (Å²) in [7, 11) is 0. The van der Waals surface area contributed by atoms with Gasteiger partial charge >= 0.3 is 5.97 Å². The Labute approximate surface area is 151 Å². The zero-order valence-corrected chi connectivity index (χ0v) is 14.7. The van der Waals surface area contributed by atoms with E-state index in [1.165, 1.54) is 11.1 Å². The average Bonchev–Trinajstić information content (AvgIpc) is 3.08. The maximum Gasteiger partial charge on any atom is 0.344 e. The van der Waals surface area contributed by atoms with Gasteiger partial charge in [0, 0.05) is 10.6 Å². The third kappa shape index (κ3) is 4.40. The number of ether oxygens (including phenoxy) is 2. The lowest BCUT2D eigenvalue weighted by molar-refractivity contribution is -0.148. The fourth-order valence-electron chi connectivity index (χ4n) is 2.92. The molecule has 3 rings (SSSR count). The molecule has 4 nitrogen and oxygen atoms in total. The number of Topliss-reactive ketones (excluding diaryl/α,β-unsaturated/α-hetero) is 1. The van der Waals surface area contributed by atoms with Crippen LogP contribution in [0.1, 0.15) is 34.8 Å². The van der Waals surface area contributed by atoms with Gasteiger partial charge < -0.3 is 9.47 Å². The predicted molar refractivity (Wildman–Crippen MR) is 95.3 cm³/mol. The number of hydrogen-bond donors (Lipinski definition) is 0. The molecule has 130 valence electrons. The number of fused-ring (bicyclic) bond motifs is 1. The number of carbonyl (C=O) groups excluding carboxylic acids is 2. The van der Waals surface area contributed by atoms with Crippen LogP contribution in [0, 0.1) is 0 Å². The highest BCUT2D eigenvalue weighted by Gasteiger charge is 2.21. The molecule has 0 fully saturated rings. The van der Waals surface area contributed by atoms with E-state index in [9.17, 15) is 9.59 Å². The van der Waals surface area contributed by atoms with Crippen molar-refractivity contribution in [2.75, 3.05) is 6.61 Å². The lowest BCUT2D eigenvalue weighted by Crippen LogP contribution is -2.27. The monoisotopic (exact) mass is 358 g/mol. The van der Waals surface area contributed by atoms with E-state index in [0.717, 1.165) is 19.3 Å². The summed E-state index contributed by atoms with van der Waals surface area (Å²) in [6.07, 6.45) is 2.34. The first-order valence-corrected chi connectivity index (χ1v) is 8.64. The molecule has 0 spiro atoms. The number of rotatable bonds is 6. The number of esters is 1. The van der Waals surface area contributed by atoms with Gasteiger partial charge in [-0.05, 0) is 67.6 Å². The van der Waals surface area contributed by atoms with Crippen molar-refractivity contribution in [2.45, 2.75) is 32.3 Å². The minimum Gasteiger partial charge on any atom is -0.482 e. The molecule has 0 heterocycles. The Balaban J connectivity index is 1.54. The molecular weight excluding hydrogens is 340 g/mol. The Bertz CT molecular complexity index is 783. The number of aryl methyl sites for hydroxylation is 2. The first-order valence-electron chi connectivity index (χ1n) is 8.27. The molecule has 1 aliphatic rings. The Kier molecular flexibility index (Phi) is 5.39. The molecule has 0 aliphatic heterocycles. The molecule has 0 aromatic heterocycles. The number of benzene rings is 2. The van der Waals surface area contributed by atoms with Crippen LogP contribution in [0.5, 0.6) is 5.75 Å². The van der Waals surface area contributed by atoms with Gasteiger partial charge in [0.25, 0.3) is 0 Å². The summed E-state index contributed by atoms with van der Waals surface area (Å²) in [6, 6.07) is 12.4. The molecule has 5 heteroatoms. The van der Waals surface area contributed by atoms with E-state index in [1.807, 2.05) is 12.1 Å². The van der Waals surface area contributed by atoms with E-state index in [0.29, 0.717) is 16.3 Å². The topological polar surface area (TPSA) is 52.6 Å². The number of carbonyl (C=O) groups is 2. The van der Waals surface area contributed by atoms with E-state index in [-0.39, 0.29) is 12.4 Å². The second kappa shape index (κ2) is 7.70. The second-order valence-electron chi connectivity index (χ2n) is 6.08. The summed E-state index contributed by atoms with van der Waals surface area (Å²) in [6.45, 7) is 1.32. The molecule has 2 aromatic carbocycles. The molecule has 1 atom stereocenters. The largest absolute Gasteiger partial charge is 0.482 e. The van der Waals surface area contributed by atoms with E-state index >= 15 is 0 Å². The predicted octanol–water partition coefficient (Wildman–Crippen LogP) is 4.02. The third-order valence-electron chi connectivity index (χ3n) is 4.23. The summed E-state index contributed by atoms with van der Waals surface area (Å²) in [5.41, 5.74) is 3.10. The smallest absolute Gasteiger partial charge is 0.344 e. The standard InChI is InChI=1S/C20H19ClO4/c1-13(20(23)16-6-5-14-3-2-4-15(14)11-16)25-19(22)12-24-18-9-7-17(21)8-10-18/h5-11,13H,2-4,12H2,1H3/t13-/m0/s1. The number of ketones is 1. The molecule has 0 bridgehead atoms. The zero-order chi connectivity index (χ0) is 17.8. The van der Waals surface area contributed by atoms with Crippen LogP contribution in [0.3, 0.4) is 0 Å². The molecule has 0 N–H and O–H groups in total. The van der Waals surface area contributed by atoms with Crippen molar-refractivity contribution in [3.8, 4) is 5.75 Å². The first kappa shape index (κ1) is 17.5. The fraction of sp³-hybridized carbons (Fsp3) is 0.300. The molecule has 0 amide bonds. The minimum atomic E-state index is -0.847. The number of hydrogen-bond acceptors (Lipinski definition) is 4. The van der Waals surface area contributed by atoms with Gasteiger partial charge in [-0.1, -0.05) is 23.7 Å². The maximum atomic E-state index is 12.5. The van der Waals surface area contributed by atoms with Crippen molar-refractivity contribution in [2.24, 2.45) is 0 Å². The van der Waals surface area contributed by atoms with E-state index in [2.05, 4.69) is 0 Å². The van der Waals surface area contributed by atoms with Crippen molar-refractivity contribution in [1.29, 1.82) is 0 Å². The van der Waals surface area contributed by atoms with Gasteiger partial charge in [-0.3, -0.25) is 4.79 Å². The van der Waals surface area contributed by atoms with Gasteiger partial charge in [-0.2, -0.15) is 0 Å². The van der Waals surface area contributed by atoms with Crippen molar-refractivity contribution < 1.29 is 19.1 Å². The van der Waals surface area contributed by atoms with E-state index in [1.54, 1.807) is 37.3 Å². The van der Waals surface area contributed by atoms with Crippen LogP contribution in [-0.2, 0) is 22.4 Å². The van der Waals surface area contributed by atoms with E-state index in [4.69, 9.17) is 21.1 Å². The van der Waals surface area contributed by atoms with Crippen LogP contribution in [0.15, 0.2) is 42.5 Å². The van der Waals surface area contributed by atoms with Crippen molar-refractivity contribution in [3.63, 3.8) is 0 Å². The Morgan fingerprint density at radius 3 is 2.56 bits per heavy atom. The summed E-state index contributed by atoms with van der Waals surface area (Å²) >= 11 is 5.79. The zero-order valence-electron chi connectivity index (χ0n) is 14.0. The van der Waals surface area contributed by atoms with Gasteiger partial charge in [-0.25, -0.2) is 4.79 Å². The lowest BCUT2D eigenvalue weighted by Gasteiger charge is -2.13. The normalized spacial score (nSPS) is 13.8. The molecule has 1 aliphatic carbocycles. The van der Waals surface area contributed by atoms with Gasteiger partial charge in [0.2, 0.25) is 5.78 Å². The summed E-state index contributed by atoms with van der Waals surface area (Å²) < 4.78 is 10.5. The molecule has 25 heavy (non-hydrogen) atoms. The van der Waals surface area contributed by atoms with Gasteiger partial charge in [0.15, 0.2) is 12.7 Å². The molecular formula is C20H19ClO4. The summed E-state index contributed by atoms with van der Waals surface area (Å²) in [5, 5.41) is 0.587. The van der Waals surface area contributed by atoms with Crippen molar-refractivity contribution >= 4 is 23.4 Å². The van der Waals surface area contributed by atoms with Crippen LogP contribution >= 0.6 is 11.6 Å². The Morgan fingerprint density at radius 1 is 1.08 bits per heavy atom. The van der Waals surface area contributed by atoms with Gasteiger partial charge in [0.05, 0.1) is 0 Å². The van der Waals surface area contributed by atoms with Gasteiger partial charge in [-0.15, -0.1) is 0 Å². The second-order valence-corrected chi connectivity index (χ2v) is 6.51. The fourth-order valence-corrected chi connectivity index (χ4v) is 3.04. The van der Waals surface area contributed by atoms with Crippen molar-refractivity contribution in [1.82, 2.24) is 0 Å². The maximum absolute atomic E-state index is 12.5. The van der Waals surface area contributed by atoms with E-state index < -0.39 is 12.1 Å². The van der Waals surface area contributed by atoms with Crippen LogP contribution in [-0.4, -0.2) is 24.5 Å². The van der Waals surface area contributed by atoms with Crippen LogP contribution in [0.2, 0.25) is 5.02 Å². The van der Waals surface area contributed by atoms with Crippen LogP contribution < -0.4 is 4.74 Å². The molecule has 0 saturated carbocycles. The average molecular weight is 359 g/mol. The van der Waals surface area contributed by atoms with Crippen molar-refractivity contribution in [3.05, 3.63) is 64.2 Å². The Hall–Kier alpha value is -2.33. The first-order chi connectivity index (χ1) is 12.0.